The van der Waals surface area contributed by atoms with Gasteiger partial charge in [-0.2, -0.15) is 0 Å². The van der Waals surface area contributed by atoms with Gasteiger partial charge in [-0.05, 0) is 88.7 Å². The highest BCUT2D eigenvalue weighted by Crippen LogP contribution is 2.45. The molecule has 2 unspecified atom stereocenters. The van der Waals surface area contributed by atoms with Gasteiger partial charge in [0, 0.05) is 37.0 Å². The van der Waals surface area contributed by atoms with E-state index in [9.17, 15) is 9.59 Å². The number of rotatable bonds is 9. The highest BCUT2D eigenvalue weighted by molar-refractivity contribution is 6.01. The Bertz CT molecular complexity index is 1350. The normalized spacial score (nSPS) is 22.3. The number of aryl methyl sites for hydroxylation is 4. The topological polar surface area (TPSA) is 76.8 Å². The van der Waals surface area contributed by atoms with E-state index >= 15 is 0 Å². The Morgan fingerprint density at radius 2 is 1.85 bits per heavy atom. The van der Waals surface area contributed by atoms with Gasteiger partial charge in [-0.25, -0.2) is 9.97 Å². The first-order chi connectivity index (χ1) is 18.7. The number of imidazole rings is 1. The van der Waals surface area contributed by atoms with Crippen molar-refractivity contribution in [1.29, 1.82) is 0 Å². The van der Waals surface area contributed by atoms with Crippen molar-refractivity contribution in [3.05, 3.63) is 64.2 Å². The summed E-state index contributed by atoms with van der Waals surface area (Å²) in [7, 11) is 4.18. The minimum Gasteiger partial charge on any atom is -0.458 e. The molecule has 5 rings (SSSR count). The third-order valence-electron chi connectivity index (χ3n) is 8.75. The molecule has 0 spiro atoms. The van der Waals surface area contributed by atoms with Gasteiger partial charge in [0.15, 0.2) is 5.78 Å². The maximum atomic E-state index is 13.6. The quantitative estimate of drug-likeness (QED) is 0.279. The summed E-state index contributed by atoms with van der Waals surface area (Å²) < 4.78 is 8.28. The monoisotopic (exact) mass is 530 g/mol. The molecule has 1 saturated carbocycles. The van der Waals surface area contributed by atoms with Gasteiger partial charge < -0.3 is 9.64 Å². The molecular weight excluding hydrogens is 488 g/mol. The Labute approximate surface area is 232 Å². The second-order valence-electron chi connectivity index (χ2n) is 12.0. The molecule has 7 heteroatoms. The fraction of sp³-hybridized carbons (Fsp3) is 0.562. The van der Waals surface area contributed by atoms with E-state index < -0.39 is 11.5 Å². The summed E-state index contributed by atoms with van der Waals surface area (Å²) in [6, 6.07) is 8.74. The molecule has 2 fully saturated rings. The molecule has 0 amide bonds. The smallest absolute Gasteiger partial charge is 0.317 e. The van der Waals surface area contributed by atoms with Crippen molar-refractivity contribution in [2.24, 2.45) is 11.8 Å². The maximum absolute atomic E-state index is 13.6. The van der Waals surface area contributed by atoms with Crippen LogP contribution in [0.3, 0.4) is 0 Å². The first kappa shape index (κ1) is 27.5. The molecule has 0 N–H and O–H groups in total. The van der Waals surface area contributed by atoms with E-state index in [4.69, 9.17) is 4.74 Å². The van der Waals surface area contributed by atoms with Crippen LogP contribution < -0.4 is 0 Å². The lowest BCUT2D eigenvalue weighted by atomic mass is 9.73. The molecule has 7 nitrogen and oxygen atoms in total. The van der Waals surface area contributed by atoms with Crippen LogP contribution in [-0.2, 0) is 40.1 Å². The number of benzene rings is 1. The number of ketones is 1. The van der Waals surface area contributed by atoms with Crippen LogP contribution in [0.2, 0.25) is 0 Å². The molecule has 0 radical (unpaired) electrons. The zero-order chi connectivity index (χ0) is 27.7. The molecule has 2 aromatic heterocycles. The average Bonchev–Trinajstić information content (AvgIpc) is 3.56. The predicted octanol–water partition coefficient (Wildman–Crippen LogP) is 5.21. The van der Waals surface area contributed by atoms with Crippen LogP contribution in [0.25, 0.3) is 5.78 Å². The number of nitrogens with zero attached hydrogens (tertiary/aromatic N) is 4. The fourth-order valence-electron chi connectivity index (χ4n) is 6.72. The number of carbonyl (C=O) groups excluding carboxylic acids is 2. The number of cyclic esters (lactones) is 1. The molecular formula is C32H42N4O3. The molecule has 39 heavy (non-hydrogen) atoms. The van der Waals surface area contributed by atoms with E-state index in [1.165, 1.54) is 16.7 Å². The van der Waals surface area contributed by atoms with Crippen molar-refractivity contribution >= 4 is 17.5 Å². The van der Waals surface area contributed by atoms with Gasteiger partial charge in [-0.3, -0.25) is 14.0 Å². The maximum Gasteiger partial charge on any atom is 0.317 e. The van der Waals surface area contributed by atoms with Gasteiger partial charge in [0.05, 0.1) is 5.69 Å². The van der Waals surface area contributed by atoms with Gasteiger partial charge in [0.2, 0.25) is 5.78 Å². The van der Waals surface area contributed by atoms with Crippen molar-refractivity contribution in [3.8, 4) is 0 Å². The van der Waals surface area contributed by atoms with Gasteiger partial charge in [0.1, 0.15) is 11.5 Å². The Balaban J connectivity index is 1.34. The van der Waals surface area contributed by atoms with Crippen LogP contribution in [0.1, 0.15) is 79.2 Å². The van der Waals surface area contributed by atoms with Crippen LogP contribution in [-0.4, -0.2) is 50.7 Å². The number of ether oxygens (including phenoxy) is 1. The van der Waals surface area contributed by atoms with Crippen LogP contribution in [0.15, 0.2) is 30.5 Å². The number of hydrogen-bond donors (Lipinski definition) is 0. The number of carbonyl (C=O) groups is 2. The standard InChI is InChI=1S/C32H42N4O3/c1-6-24-16-23(11-12-25(24)19-35(4)5)13-14-32(26-9-7-8-10-26)18-29(37)28(30(38)39-32)17-27-20-36-22(3)15-21(2)33-31(36)34-27/h11-12,15-16,20,26,28H,6-10,13-14,17-19H2,1-5H3. The number of Topliss-reactive ketones (excluding diaryl/α,β-unsaturated/α-hetero) is 1. The minimum absolute atomic E-state index is 0.00774. The van der Waals surface area contributed by atoms with E-state index in [0.717, 1.165) is 56.5 Å². The zero-order valence-corrected chi connectivity index (χ0v) is 24.1. The Kier molecular flexibility index (Phi) is 7.90. The lowest BCUT2D eigenvalue weighted by Crippen LogP contribution is -2.52. The van der Waals surface area contributed by atoms with Gasteiger partial charge in [0.25, 0.3) is 0 Å². The zero-order valence-electron chi connectivity index (χ0n) is 24.1. The molecule has 1 aliphatic heterocycles. The summed E-state index contributed by atoms with van der Waals surface area (Å²) in [6.07, 6.45) is 9.22. The molecule has 1 aromatic carbocycles. The number of hydrogen-bond acceptors (Lipinski definition) is 6. The highest BCUT2D eigenvalue weighted by atomic mass is 16.6. The number of esters is 1. The lowest BCUT2D eigenvalue weighted by molar-refractivity contribution is -0.185. The second kappa shape index (κ2) is 11.2. The second-order valence-corrected chi connectivity index (χ2v) is 12.0. The summed E-state index contributed by atoms with van der Waals surface area (Å²) in [5, 5.41) is 0. The molecule has 1 aliphatic carbocycles. The SMILES string of the molecule is CCc1cc(CCC2(C3CCCC3)CC(=O)C(Cc3cn4c(C)cc(C)nc4n3)C(=O)O2)ccc1CN(C)C. The average molecular weight is 531 g/mol. The molecule has 3 heterocycles. The first-order valence-electron chi connectivity index (χ1n) is 14.5. The van der Waals surface area contributed by atoms with E-state index in [2.05, 4.69) is 54.1 Å². The van der Waals surface area contributed by atoms with E-state index in [1.807, 2.05) is 30.5 Å². The van der Waals surface area contributed by atoms with Crippen molar-refractivity contribution in [1.82, 2.24) is 19.3 Å². The van der Waals surface area contributed by atoms with Gasteiger partial charge >= 0.3 is 5.97 Å². The first-order valence-corrected chi connectivity index (χ1v) is 14.5. The van der Waals surface area contributed by atoms with Crippen molar-refractivity contribution in [2.45, 2.75) is 90.7 Å². The summed E-state index contributed by atoms with van der Waals surface area (Å²) in [5.74, 6) is -0.348. The summed E-state index contributed by atoms with van der Waals surface area (Å²) >= 11 is 0. The lowest BCUT2D eigenvalue weighted by Gasteiger charge is -2.43. The third-order valence-corrected chi connectivity index (χ3v) is 8.75. The number of aromatic nitrogens is 3. The summed E-state index contributed by atoms with van der Waals surface area (Å²) in [4.78, 5) is 38.4. The molecule has 2 atom stereocenters. The van der Waals surface area contributed by atoms with Crippen LogP contribution in [0.5, 0.6) is 0 Å². The van der Waals surface area contributed by atoms with E-state index in [-0.39, 0.29) is 24.1 Å². The van der Waals surface area contributed by atoms with Crippen LogP contribution >= 0.6 is 0 Å². The highest BCUT2D eigenvalue weighted by Gasteiger charge is 2.51. The molecule has 1 saturated heterocycles. The summed E-state index contributed by atoms with van der Waals surface area (Å²) in [6.45, 7) is 7.06. The van der Waals surface area contributed by atoms with E-state index in [0.29, 0.717) is 24.3 Å². The molecule has 208 valence electrons. The number of fused-ring (bicyclic) bond motifs is 1. The van der Waals surface area contributed by atoms with E-state index in [1.54, 1.807) is 0 Å². The third kappa shape index (κ3) is 5.79. The predicted molar refractivity (Wildman–Crippen MR) is 152 cm³/mol. The molecule has 3 aromatic rings. The van der Waals surface area contributed by atoms with Crippen molar-refractivity contribution in [3.63, 3.8) is 0 Å². The van der Waals surface area contributed by atoms with Gasteiger partial charge in [-0.15, -0.1) is 0 Å². The minimum atomic E-state index is -0.803. The molecule has 2 aliphatic rings. The summed E-state index contributed by atoms with van der Waals surface area (Å²) in [5.41, 5.74) is 5.88. The van der Waals surface area contributed by atoms with Crippen molar-refractivity contribution < 1.29 is 14.3 Å². The van der Waals surface area contributed by atoms with Crippen LogP contribution in [0, 0.1) is 25.7 Å². The van der Waals surface area contributed by atoms with Crippen LogP contribution in [0.4, 0.5) is 0 Å². The Morgan fingerprint density at radius 3 is 2.54 bits per heavy atom. The van der Waals surface area contributed by atoms with Gasteiger partial charge in [-0.1, -0.05) is 38.0 Å². The fourth-order valence-corrected chi connectivity index (χ4v) is 6.72. The Morgan fingerprint density at radius 1 is 1.08 bits per heavy atom. The van der Waals surface area contributed by atoms with Crippen molar-refractivity contribution in [2.75, 3.05) is 14.1 Å². The largest absolute Gasteiger partial charge is 0.458 e. The Hall–Kier alpha value is -3.06. The molecule has 0 bridgehead atoms.